The molecule has 4 aromatic carbocycles. The van der Waals surface area contributed by atoms with E-state index >= 15 is 0 Å². The number of fused-ring (bicyclic) bond motifs is 3. The molecule has 1 amide bonds. The molecule has 0 spiro atoms. The molecule has 0 saturated carbocycles. The number of H-pyrrole nitrogens is 1. The lowest BCUT2D eigenvalue weighted by Crippen LogP contribution is -2.57. The summed E-state index contributed by atoms with van der Waals surface area (Å²) in [6.07, 6.45) is 2.45. The van der Waals surface area contributed by atoms with Crippen molar-refractivity contribution in [1.29, 1.82) is 0 Å². The summed E-state index contributed by atoms with van der Waals surface area (Å²) < 4.78 is 18.9. The Morgan fingerprint density at radius 1 is 0.690 bits per heavy atom. The van der Waals surface area contributed by atoms with Gasteiger partial charge in [-0.25, -0.2) is 4.79 Å². The molecule has 7 heteroatoms. The Bertz CT molecular complexity index is 1650. The average Bonchev–Trinajstić information content (AvgIpc) is 3.38. The molecule has 5 aromatic rings. The Kier molecular flexibility index (Phi) is 7.94. The molecule has 210 valence electrons. The van der Waals surface area contributed by atoms with Crippen molar-refractivity contribution in [1.82, 2.24) is 10.3 Å². The highest BCUT2D eigenvalue weighted by atomic mass is 16.7. The monoisotopic (exact) mass is 558 g/mol. The summed E-state index contributed by atoms with van der Waals surface area (Å²) in [6.45, 7) is 0.285. The first-order valence-electron chi connectivity index (χ1n) is 13.8. The van der Waals surface area contributed by atoms with Crippen LogP contribution >= 0.6 is 0 Å². The number of aromatic nitrogens is 1. The van der Waals surface area contributed by atoms with Crippen LogP contribution in [-0.2, 0) is 44.6 Å². The highest BCUT2D eigenvalue weighted by molar-refractivity contribution is 6.04. The normalized spacial score (nSPS) is 15.6. The molecule has 1 aromatic heterocycles. The number of ether oxygens (including phenoxy) is 3. The van der Waals surface area contributed by atoms with Crippen molar-refractivity contribution in [2.75, 3.05) is 0 Å². The number of benzene rings is 4. The van der Waals surface area contributed by atoms with Crippen molar-refractivity contribution in [3.05, 3.63) is 149 Å². The molecule has 0 bridgehead atoms. The minimum Gasteiger partial charge on any atom is -0.445 e. The smallest absolute Gasteiger partial charge is 0.408 e. The predicted octanol–water partition coefficient (Wildman–Crippen LogP) is 6.65. The summed E-state index contributed by atoms with van der Waals surface area (Å²) in [5, 5.41) is 3.70. The molecule has 1 aliphatic carbocycles. The second kappa shape index (κ2) is 12.3. The van der Waals surface area contributed by atoms with E-state index in [1.807, 2.05) is 115 Å². The van der Waals surface area contributed by atoms with E-state index in [1.54, 1.807) is 6.08 Å². The SMILES string of the molecule is O=C(NC1C(=O)C=Cc2c([nH]c3ccccc23)C1(OCc1ccccc1)OCc1ccccc1)OCc1ccccc1. The fourth-order valence-electron chi connectivity index (χ4n) is 5.14. The van der Waals surface area contributed by atoms with Gasteiger partial charge < -0.3 is 24.5 Å². The van der Waals surface area contributed by atoms with Crippen LogP contribution in [-0.4, -0.2) is 22.9 Å². The first-order chi connectivity index (χ1) is 20.6. The number of carbonyl (C=O) groups excluding carboxylic acids is 2. The van der Waals surface area contributed by atoms with E-state index in [9.17, 15) is 9.59 Å². The Labute approximate surface area is 243 Å². The van der Waals surface area contributed by atoms with Gasteiger partial charge >= 0.3 is 6.09 Å². The summed E-state index contributed by atoms with van der Waals surface area (Å²) >= 11 is 0. The van der Waals surface area contributed by atoms with Crippen LogP contribution < -0.4 is 5.32 Å². The maximum atomic E-state index is 13.8. The number of alkyl carbamates (subject to hydrolysis) is 1. The number of hydrogen-bond acceptors (Lipinski definition) is 5. The summed E-state index contributed by atoms with van der Waals surface area (Å²) in [6, 6.07) is 35.1. The Morgan fingerprint density at radius 2 is 1.21 bits per heavy atom. The zero-order chi connectivity index (χ0) is 28.8. The molecule has 6 rings (SSSR count). The molecular formula is C35H30N2O5. The van der Waals surface area contributed by atoms with Gasteiger partial charge in [0.2, 0.25) is 5.79 Å². The lowest BCUT2D eigenvalue weighted by Gasteiger charge is -2.38. The molecule has 0 fully saturated rings. The maximum absolute atomic E-state index is 13.8. The predicted molar refractivity (Wildman–Crippen MR) is 160 cm³/mol. The molecule has 42 heavy (non-hydrogen) atoms. The molecule has 0 radical (unpaired) electrons. The van der Waals surface area contributed by atoms with Crippen molar-refractivity contribution in [2.24, 2.45) is 0 Å². The zero-order valence-corrected chi connectivity index (χ0v) is 22.9. The molecular weight excluding hydrogens is 528 g/mol. The van der Waals surface area contributed by atoms with Crippen molar-refractivity contribution in [3.63, 3.8) is 0 Å². The molecule has 2 N–H and O–H groups in total. The molecule has 7 nitrogen and oxygen atoms in total. The fourth-order valence-corrected chi connectivity index (χ4v) is 5.14. The van der Waals surface area contributed by atoms with Crippen molar-refractivity contribution in [2.45, 2.75) is 31.6 Å². The Hall–Kier alpha value is -4.98. The molecule has 0 aliphatic heterocycles. The van der Waals surface area contributed by atoms with Gasteiger partial charge in [0.15, 0.2) is 11.8 Å². The van der Waals surface area contributed by atoms with Crippen LogP contribution in [0.15, 0.2) is 121 Å². The second-order valence-electron chi connectivity index (χ2n) is 10.1. The van der Waals surface area contributed by atoms with Gasteiger partial charge in [-0.1, -0.05) is 109 Å². The quantitative estimate of drug-likeness (QED) is 0.198. The highest BCUT2D eigenvalue weighted by Gasteiger charge is 2.51. The van der Waals surface area contributed by atoms with Gasteiger partial charge in [0.1, 0.15) is 6.61 Å². The molecule has 1 unspecified atom stereocenters. The van der Waals surface area contributed by atoms with E-state index < -0.39 is 17.9 Å². The van der Waals surface area contributed by atoms with Crippen LogP contribution in [0, 0.1) is 0 Å². The molecule has 1 atom stereocenters. The van der Waals surface area contributed by atoms with Crippen LogP contribution in [0.3, 0.4) is 0 Å². The van der Waals surface area contributed by atoms with Crippen LogP contribution in [0.4, 0.5) is 4.79 Å². The van der Waals surface area contributed by atoms with E-state index in [-0.39, 0.29) is 25.6 Å². The highest BCUT2D eigenvalue weighted by Crippen LogP contribution is 2.41. The number of rotatable bonds is 9. The summed E-state index contributed by atoms with van der Waals surface area (Å²) in [7, 11) is 0. The number of amides is 1. The lowest BCUT2D eigenvalue weighted by molar-refractivity contribution is -0.272. The van der Waals surface area contributed by atoms with E-state index in [0.717, 1.165) is 33.2 Å². The summed E-state index contributed by atoms with van der Waals surface area (Å²) in [4.78, 5) is 30.5. The van der Waals surface area contributed by atoms with E-state index in [1.165, 1.54) is 6.08 Å². The first kappa shape index (κ1) is 27.2. The van der Waals surface area contributed by atoms with Crippen molar-refractivity contribution < 1.29 is 23.8 Å². The number of aromatic amines is 1. The number of ketones is 1. The summed E-state index contributed by atoms with van der Waals surface area (Å²) in [5.41, 5.74) is 4.72. The van der Waals surface area contributed by atoms with Crippen molar-refractivity contribution in [3.8, 4) is 0 Å². The molecule has 0 saturated heterocycles. The van der Waals surface area contributed by atoms with Gasteiger partial charge in [-0.15, -0.1) is 0 Å². The van der Waals surface area contributed by atoms with Gasteiger partial charge in [-0.2, -0.15) is 0 Å². The minimum atomic E-state index is -1.73. The van der Waals surface area contributed by atoms with E-state index in [4.69, 9.17) is 14.2 Å². The molecule has 1 aliphatic rings. The van der Waals surface area contributed by atoms with Crippen molar-refractivity contribution >= 4 is 28.9 Å². The Morgan fingerprint density at radius 3 is 1.81 bits per heavy atom. The third-order valence-corrected chi connectivity index (χ3v) is 7.24. The van der Waals surface area contributed by atoms with Gasteiger partial charge in [0.05, 0.1) is 18.9 Å². The van der Waals surface area contributed by atoms with E-state index in [0.29, 0.717) is 5.69 Å². The average molecular weight is 559 g/mol. The maximum Gasteiger partial charge on any atom is 0.408 e. The number of carbonyl (C=O) groups is 2. The largest absolute Gasteiger partial charge is 0.445 e. The second-order valence-corrected chi connectivity index (χ2v) is 10.1. The third-order valence-electron chi connectivity index (χ3n) is 7.24. The van der Waals surface area contributed by atoms with Crippen LogP contribution in [0.2, 0.25) is 0 Å². The number of hydrogen-bond donors (Lipinski definition) is 2. The minimum absolute atomic E-state index is 0.0454. The standard InChI is InChI=1S/C35H30N2O5/c38-31-21-20-29-28-18-10-11-19-30(28)36-32(29)35(41-23-26-14-6-2-7-15-26,42-24-27-16-8-3-9-17-27)33(31)37-34(39)40-22-25-12-4-1-5-13-25/h1-21,33,36H,22-24H2,(H,37,39). The van der Waals surface area contributed by atoms with Gasteiger partial charge in [-0.05, 0) is 34.9 Å². The van der Waals surface area contributed by atoms with Gasteiger partial charge in [0.25, 0.3) is 0 Å². The van der Waals surface area contributed by atoms with Crippen LogP contribution in [0.25, 0.3) is 17.0 Å². The topological polar surface area (TPSA) is 89.7 Å². The number of para-hydroxylation sites is 1. The molecule has 1 heterocycles. The van der Waals surface area contributed by atoms with Crippen LogP contribution in [0.1, 0.15) is 27.9 Å². The third kappa shape index (κ3) is 5.74. The fraction of sp³-hybridized carbons (Fsp3) is 0.143. The van der Waals surface area contributed by atoms with Crippen LogP contribution in [0.5, 0.6) is 0 Å². The summed E-state index contributed by atoms with van der Waals surface area (Å²) in [5.74, 6) is -2.12. The first-order valence-corrected chi connectivity index (χ1v) is 13.8. The van der Waals surface area contributed by atoms with Gasteiger partial charge in [0, 0.05) is 16.5 Å². The lowest BCUT2D eigenvalue weighted by atomic mass is 9.98. The van der Waals surface area contributed by atoms with Gasteiger partial charge in [-0.3, -0.25) is 4.79 Å². The zero-order valence-electron chi connectivity index (χ0n) is 22.9. The number of nitrogens with one attached hydrogen (secondary N) is 2. The van der Waals surface area contributed by atoms with E-state index in [2.05, 4.69) is 10.3 Å². The Balaban J connectivity index is 1.43.